The van der Waals surface area contributed by atoms with Crippen molar-refractivity contribution in [2.75, 3.05) is 12.4 Å². The molecule has 2 atom stereocenters. The summed E-state index contributed by atoms with van der Waals surface area (Å²) in [5, 5.41) is 15.8. The van der Waals surface area contributed by atoms with Crippen LogP contribution in [0, 0.1) is 16.0 Å². The van der Waals surface area contributed by atoms with Crippen molar-refractivity contribution in [3.05, 3.63) is 28.3 Å². The van der Waals surface area contributed by atoms with Gasteiger partial charge in [0, 0.05) is 17.7 Å². The topological polar surface area (TPSA) is 153 Å². The average molecular weight is 337 g/mol. The zero-order valence-electron chi connectivity index (χ0n) is 10.9. The van der Waals surface area contributed by atoms with Crippen molar-refractivity contribution in [1.82, 2.24) is 0 Å². The second-order valence-electron chi connectivity index (χ2n) is 4.32. The number of primary sulfonamides is 1. The number of benzene rings is 1. The van der Waals surface area contributed by atoms with Crippen molar-refractivity contribution >= 4 is 26.8 Å². The summed E-state index contributed by atoms with van der Waals surface area (Å²) in [6.07, 6.45) is 0. The van der Waals surface area contributed by atoms with Gasteiger partial charge in [0.15, 0.2) is 5.75 Å². The van der Waals surface area contributed by atoms with Crippen molar-refractivity contribution < 1.29 is 26.8 Å². The van der Waals surface area contributed by atoms with Crippen LogP contribution in [0.15, 0.2) is 23.1 Å². The smallest absolute Gasteiger partial charge is 0.312 e. The summed E-state index contributed by atoms with van der Waals surface area (Å²) in [6, 6.07) is 2.98. The number of nitro groups is 1. The van der Waals surface area contributed by atoms with Crippen LogP contribution in [0.2, 0.25) is 0 Å². The summed E-state index contributed by atoms with van der Waals surface area (Å²) in [4.78, 5) is 9.70. The lowest BCUT2D eigenvalue weighted by atomic mass is 10.2. The molecule has 0 saturated heterocycles. The van der Waals surface area contributed by atoms with E-state index in [-0.39, 0.29) is 24.0 Å². The van der Waals surface area contributed by atoms with E-state index in [1.807, 2.05) is 0 Å². The molecular formula is C10H13N2O7S2-. The summed E-state index contributed by atoms with van der Waals surface area (Å²) in [7, 11) is -4.06. The van der Waals surface area contributed by atoms with Crippen LogP contribution in [0.5, 0.6) is 5.75 Å². The quantitative estimate of drug-likeness (QED) is 0.421. The van der Waals surface area contributed by atoms with Crippen LogP contribution in [0.4, 0.5) is 5.69 Å². The van der Waals surface area contributed by atoms with E-state index in [4.69, 9.17) is 9.88 Å². The van der Waals surface area contributed by atoms with Crippen LogP contribution in [0.3, 0.4) is 0 Å². The lowest BCUT2D eigenvalue weighted by molar-refractivity contribution is -0.386. The molecule has 2 unspecified atom stereocenters. The standard InChI is InChI=1S/C10H14N2O7S2/c1-7(6-20(15)16)5-19-10-3-2-8(21(11,17)18)4-9(10)12(13)14/h2-4,7H,5-6H2,1H3,(H,15,16)(H2,11,17,18)/p-1. The molecule has 0 saturated carbocycles. The predicted octanol–water partition coefficient (Wildman–Crippen LogP) is 0.136. The number of hydrogen-bond donors (Lipinski definition) is 1. The first kappa shape index (κ1) is 17.5. The normalized spacial score (nSPS) is 14.4. The Labute approximate surface area is 123 Å². The van der Waals surface area contributed by atoms with Crippen LogP contribution in [-0.4, -0.2) is 34.5 Å². The second-order valence-corrected chi connectivity index (χ2v) is 6.82. The first-order valence-corrected chi connectivity index (χ1v) is 8.40. The molecule has 21 heavy (non-hydrogen) atoms. The van der Waals surface area contributed by atoms with Crippen molar-refractivity contribution in [1.29, 1.82) is 0 Å². The van der Waals surface area contributed by atoms with Gasteiger partial charge >= 0.3 is 5.69 Å². The highest BCUT2D eigenvalue weighted by Crippen LogP contribution is 2.29. The van der Waals surface area contributed by atoms with Gasteiger partial charge in [0.2, 0.25) is 10.0 Å². The van der Waals surface area contributed by atoms with Crippen LogP contribution < -0.4 is 9.88 Å². The largest absolute Gasteiger partial charge is 0.772 e. The summed E-state index contributed by atoms with van der Waals surface area (Å²) < 4.78 is 48.5. The van der Waals surface area contributed by atoms with Crippen molar-refractivity contribution in [2.24, 2.45) is 11.1 Å². The van der Waals surface area contributed by atoms with E-state index in [2.05, 4.69) is 0 Å². The Morgan fingerprint density at radius 1 is 1.48 bits per heavy atom. The van der Waals surface area contributed by atoms with E-state index >= 15 is 0 Å². The maximum atomic E-state index is 11.2. The zero-order valence-corrected chi connectivity index (χ0v) is 12.6. The Bertz CT molecular complexity index is 659. The van der Waals surface area contributed by atoms with Crippen LogP contribution in [-0.2, 0) is 21.1 Å². The third-order valence-electron chi connectivity index (χ3n) is 2.40. The monoisotopic (exact) mass is 337 g/mol. The molecule has 0 aliphatic carbocycles. The molecule has 0 bridgehead atoms. The van der Waals surface area contributed by atoms with Crippen LogP contribution in [0.1, 0.15) is 6.92 Å². The van der Waals surface area contributed by atoms with E-state index in [0.717, 1.165) is 18.2 Å². The Morgan fingerprint density at radius 2 is 2.10 bits per heavy atom. The van der Waals surface area contributed by atoms with Gasteiger partial charge in [0.1, 0.15) is 0 Å². The van der Waals surface area contributed by atoms with Crippen molar-refractivity contribution in [3.63, 3.8) is 0 Å². The van der Waals surface area contributed by atoms with Gasteiger partial charge in [-0.25, -0.2) is 13.6 Å². The molecule has 1 aromatic carbocycles. The minimum absolute atomic E-state index is 0.0659. The Balaban J connectivity index is 2.97. The number of nitrogens with zero attached hydrogens (tertiary/aromatic N) is 1. The zero-order chi connectivity index (χ0) is 16.2. The minimum Gasteiger partial charge on any atom is -0.772 e. The Morgan fingerprint density at radius 3 is 2.57 bits per heavy atom. The van der Waals surface area contributed by atoms with Gasteiger partial charge in [-0.3, -0.25) is 14.3 Å². The van der Waals surface area contributed by atoms with E-state index in [9.17, 15) is 27.3 Å². The number of ether oxygens (including phenoxy) is 1. The number of nitro benzene ring substituents is 1. The second kappa shape index (κ2) is 6.93. The van der Waals surface area contributed by atoms with Gasteiger partial charge in [-0.2, -0.15) is 0 Å². The third kappa shape index (κ3) is 5.38. The Hall–Kier alpha value is -1.56. The molecular weight excluding hydrogens is 324 g/mol. The summed E-state index contributed by atoms with van der Waals surface area (Å²) >= 11 is -2.24. The molecule has 0 radical (unpaired) electrons. The molecule has 0 aliphatic heterocycles. The molecule has 118 valence electrons. The lowest BCUT2D eigenvalue weighted by Crippen LogP contribution is -2.16. The van der Waals surface area contributed by atoms with E-state index in [1.54, 1.807) is 6.92 Å². The van der Waals surface area contributed by atoms with Crippen molar-refractivity contribution in [2.45, 2.75) is 11.8 Å². The predicted molar refractivity (Wildman–Crippen MR) is 72.9 cm³/mol. The van der Waals surface area contributed by atoms with Gasteiger partial charge in [0.05, 0.1) is 16.4 Å². The summed E-state index contributed by atoms with van der Waals surface area (Å²) in [6.45, 7) is 1.53. The molecule has 11 heteroatoms. The number of rotatable bonds is 7. The highest BCUT2D eigenvalue weighted by atomic mass is 32.2. The van der Waals surface area contributed by atoms with Crippen LogP contribution >= 0.6 is 0 Å². The van der Waals surface area contributed by atoms with E-state index in [0.29, 0.717) is 0 Å². The van der Waals surface area contributed by atoms with Gasteiger partial charge in [-0.05, 0) is 12.1 Å². The highest BCUT2D eigenvalue weighted by molar-refractivity contribution is 7.89. The highest BCUT2D eigenvalue weighted by Gasteiger charge is 2.20. The van der Waals surface area contributed by atoms with Gasteiger partial charge in [0.25, 0.3) is 0 Å². The summed E-state index contributed by atoms with van der Waals surface area (Å²) in [5.74, 6) is -0.680. The maximum Gasteiger partial charge on any atom is 0.312 e. The molecule has 0 fully saturated rings. The van der Waals surface area contributed by atoms with Crippen LogP contribution in [0.25, 0.3) is 0 Å². The summed E-state index contributed by atoms with van der Waals surface area (Å²) in [5.41, 5.74) is -0.558. The molecule has 0 aromatic heterocycles. The fraction of sp³-hybridized carbons (Fsp3) is 0.400. The molecule has 1 aromatic rings. The maximum absolute atomic E-state index is 11.2. The third-order valence-corrected chi connectivity index (χ3v) is 4.15. The van der Waals surface area contributed by atoms with Gasteiger partial charge in [-0.1, -0.05) is 18.0 Å². The number of hydrogen-bond acceptors (Lipinski definition) is 7. The fourth-order valence-corrected chi connectivity index (χ4v) is 2.55. The van der Waals surface area contributed by atoms with E-state index in [1.165, 1.54) is 0 Å². The molecule has 0 spiro atoms. The average Bonchev–Trinajstić information content (AvgIpc) is 2.34. The molecule has 0 heterocycles. The first-order chi connectivity index (χ1) is 9.61. The van der Waals surface area contributed by atoms with Gasteiger partial charge < -0.3 is 9.29 Å². The lowest BCUT2D eigenvalue weighted by Gasteiger charge is -2.14. The molecule has 2 N–H and O–H groups in total. The van der Waals surface area contributed by atoms with Gasteiger partial charge in [-0.15, -0.1) is 0 Å². The molecule has 0 aliphatic rings. The number of nitrogens with two attached hydrogens (primary N) is 1. The number of sulfonamides is 1. The molecule has 1 rings (SSSR count). The molecule has 0 amide bonds. The van der Waals surface area contributed by atoms with Crippen molar-refractivity contribution in [3.8, 4) is 5.75 Å². The molecule has 9 nitrogen and oxygen atoms in total. The Kier molecular flexibility index (Phi) is 5.78. The fourth-order valence-electron chi connectivity index (χ4n) is 1.45. The SMILES string of the molecule is CC(COc1ccc(S(N)(=O)=O)cc1[N+](=O)[O-])CS(=O)[O-]. The minimum atomic E-state index is -4.06. The van der Waals surface area contributed by atoms with E-state index < -0.39 is 36.6 Å². The first-order valence-electron chi connectivity index (χ1n) is 5.61.